The summed E-state index contributed by atoms with van der Waals surface area (Å²) in [4.78, 5) is 14.7. The highest BCUT2D eigenvalue weighted by Gasteiger charge is 2.42. The van der Waals surface area contributed by atoms with Gasteiger partial charge in [0.05, 0.1) is 17.2 Å². The van der Waals surface area contributed by atoms with Gasteiger partial charge in [-0.3, -0.25) is 9.69 Å². The molecular formula is C20H19N3O2. The predicted molar refractivity (Wildman–Crippen MR) is 92.9 cm³/mol. The lowest BCUT2D eigenvalue weighted by Crippen LogP contribution is -2.60. The number of piperidine rings is 1. The van der Waals surface area contributed by atoms with Gasteiger partial charge in [0.25, 0.3) is 5.91 Å². The Morgan fingerprint density at radius 1 is 1.12 bits per heavy atom. The molecule has 0 aromatic heterocycles. The minimum absolute atomic E-state index is 0.0533. The normalized spacial score (nSPS) is 18.8. The maximum atomic E-state index is 12.4. The van der Waals surface area contributed by atoms with Gasteiger partial charge in [-0.25, -0.2) is 0 Å². The van der Waals surface area contributed by atoms with Crippen molar-refractivity contribution in [2.75, 3.05) is 13.1 Å². The van der Waals surface area contributed by atoms with E-state index < -0.39 is 5.72 Å². The fourth-order valence-corrected chi connectivity index (χ4v) is 3.50. The average molecular weight is 333 g/mol. The molecule has 5 nitrogen and oxygen atoms in total. The van der Waals surface area contributed by atoms with Crippen molar-refractivity contribution in [1.82, 2.24) is 10.2 Å². The molecular weight excluding hydrogens is 314 g/mol. The van der Waals surface area contributed by atoms with Crippen LogP contribution in [0.1, 0.15) is 34.3 Å². The van der Waals surface area contributed by atoms with E-state index in [4.69, 9.17) is 10.00 Å². The topological polar surface area (TPSA) is 65.4 Å². The monoisotopic (exact) mass is 333 g/mol. The van der Waals surface area contributed by atoms with Crippen LogP contribution in [0.2, 0.25) is 0 Å². The predicted octanol–water partition coefficient (Wildman–Crippen LogP) is 2.67. The van der Waals surface area contributed by atoms with Crippen LogP contribution in [0.15, 0.2) is 48.5 Å². The first-order valence-electron chi connectivity index (χ1n) is 8.49. The summed E-state index contributed by atoms with van der Waals surface area (Å²) < 4.78 is 6.16. The quantitative estimate of drug-likeness (QED) is 0.918. The summed E-state index contributed by atoms with van der Waals surface area (Å²) in [7, 11) is 0. The molecule has 4 rings (SSSR count). The van der Waals surface area contributed by atoms with Crippen molar-refractivity contribution in [1.29, 1.82) is 5.26 Å². The molecule has 2 heterocycles. The van der Waals surface area contributed by atoms with E-state index in [2.05, 4.69) is 16.3 Å². The van der Waals surface area contributed by atoms with Crippen LogP contribution in [0.5, 0.6) is 5.75 Å². The molecule has 0 saturated carbocycles. The van der Waals surface area contributed by atoms with E-state index in [1.807, 2.05) is 42.5 Å². The van der Waals surface area contributed by atoms with E-state index in [9.17, 15) is 4.79 Å². The molecule has 1 spiro atoms. The standard InChI is InChI=1S/C20H19N3O2/c21-13-15-5-7-16(8-6-15)14-23-11-9-20(10-12-23)22-19(24)17-3-1-2-4-18(17)25-20/h1-8H,9-12,14H2,(H,22,24). The fraction of sp³-hybridized carbons (Fsp3) is 0.300. The van der Waals surface area contributed by atoms with Crippen LogP contribution in [-0.2, 0) is 6.54 Å². The Morgan fingerprint density at radius 2 is 1.84 bits per heavy atom. The molecule has 2 aromatic carbocycles. The second kappa shape index (κ2) is 6.23. The lowest BCUT2D eigenvalue weighted by Gasteiger charge is -2.44. The smallest absolute Gasteiger partial charge is 0.258 e. The summed E-state index contributed by atoms with van der Waals surface area (Å²) >= 11 is 0. The Bertz CT molecular complexity index is 831. The van der Waals surface area contributed by atoms with Crippen molar-refractivity contribution in [3.8, 4) is 11.8 Å². The van der Waals surface area contributed by atoms with Crippen molar-refractivity contribution in [3.63, 3.8) is 0 Å². The van der Waals surface area contributed by atoms with Crippen molar-refractivity contribution in [3.05, 3.63) is 65.2 Å². The molecule has 2 aliphatic heterocycles. The summed E-state index contributed by atoms with van der Waals surface area (Å²) in [5.41, 5.74) is 1.88. The number of para-hydroxylation sites is 1. The van der Waals surface area contributed by atoms with Gasteiger partial charge in [-0.1, -0.05) is 24.3 Å². The van der Waals surface area contributed by atoms with Crippen LogP contribution < -0.4 is 10.1 Å². The van der Waals surface area contributed by atoms with Gasteiger partial charge >= 0.3 is 0 Å². The first-order chi connectivity index (χ1) is 12.2. The number of nitrogens with zero attached hydrogens (tertiary/aromatic N) is 2. The van der Waals surface area contributed by atoms with Crippen molar-refractivity contribution in [2.24, 2.45) is 0 Å². The van der Waals surface area contributed by atoms with E-state index in [1.54, 1.807) is 6.07 Å². The number of hydrogen-bond donors (Lipinski definition) is 1. The number of likely N-dealkylation sites (tertiary alicyclic amines) is 1. The summed E-state index contributed by atoms with van der Waals surface area (Å²) in [6.07, 6.45) is 1.51. The molecule has 1 N–H and O–H groups in total. The van der Waals surface area contributed by atoms with Crippen LogP contribution >= 0.6 is 0 Å². The summed E-state index contributed by atoms with van der Waals surface area (Å²) in [6, 6.07) is 17.2. The second-order valence-corrected chi connectivity index (χ2v) is 6.63. The maximum Gasteiger partial charge on any atom is 0.258 e. The van der Waals surface area contributed by atoms with Crippen LogP contribution in [0.4, 0.5) is 0 Å². The zero-order valence-corrected chi connectivity index (χ0v) is 13.9. The Labute approximate surface area is 146 Å². The lowest BCUT2D eigenvalue weighted by atomic mass is 9.96. The first kappa shape index (κ1) is 15.7. The molecule has 1 amide bonds. The Kier molecular flexibility index (Phi) is 3.90. The molecule has 1 fully saturated rings. The molecule has 0 atom stereocenters. The molecule has 2 aromatic rings. The molecule has 0 bridgehead atoms. The summed E-state index contributed by atoms with van der Waals surface area (Å²) in [6.45, 7) is 2.54. The van der Waals surface area contributed by atoms with Crippen LogP contribution in [0.25, 0.3) is 0 Å². The zero-order valence-electron chi connectivity index (χ0n) is 13.9. The molecule has 1 saturated heterocycles. The number of nitrogens with one attached hydrogen (secondary N) is 1. The third-order valence-corrected chi connectivity index (χ3v) is 4.93. The number of carbonyl (C=O) groups excluding carboxylic acids is 1. The SMILES string of the molecule is N#Cc1ccc(CN2CCC3(CC2)NC(=O)c2ccccc2O3)cc1. The van der Waals surface area contributed by atoms with E-state index >= 15 is 0 Å². The van der Waals surface area contributed by atoms with Gasteiger partial charge in [-0.2, -0.15) is 5.26 Å². The number of benzene rings is 2. The highest BCUT2D eigenvalue weighted by atomic mass is 16.5. The number of rotatable bonds is 2. The first-order valence-corrected chi connectivity index (χ1v) is 8.49. The number of fused-ring (bicyclic) bond motifs is 1. The lowest BCUT2D eigenvalue weighted by molar-refractivity contribution is -0.0304. The van der Waals surface area contributed by atoms with Crippen molar-refractivity contribution < 1.29 is 9.53 Å². The highest BCUT2D eigenvalue weighted by Crippen LogP contribution is 2.33. The maximum absolute atomic E-state index is 12.4. The van der Waals surface area contributed by atoms with Gasteiger partial charge in [0.1, 0.15) is 5.75 Å². The second-order valence-electron chi connectivity index (χ2n) is 6.63. The van der Waals surface area contributed by atoms with Gasteiger partial charge in [0, 0.05) is 32.5 Å². The number of nitriles is 1. The minimum Gasteiger partial charge on any atom is -0.467 e. The minimum atomic E-state index is -0.591. The molecule has 5 heteroatoms. The fourth-order valence-electron chi connectivity index (χ4n) is 3.50. The number of carbonyl (C=O) groups is 1. The third kappa shape index (κ3) is 3.09. The van der Waals surface area contributed by atoms with Crippen LogP contribution in [-0.4, -0.2) is 29.6 Å². The van der Waals surface area contributed by atoms with Gasteiger partial charge < -0.3 is 10.1 Å². The Balaban J connectivity index is 1.41. The van der Waals surface area contributed by atoms with Crippen molar-refractivity contribution >= 4 is 5.91 Å². The number of hydrogen-bond acceptors (Lipinski definition) is 4. The van der Waals surface area contributed by atoms with Crippen LogP contribution in [0.3, 0.4) is 0 Å². The molecule has 0 unspecified atom stereocenters. The third-order valence-electron chi connectivity index (χ3n) is 4.93. The van der Waals surface area contributed by atoms with Gasteiger partial charge in [0.15, 0.2) is 5.72 Å². The summed E-state index contributed by atoms with van der Waals surface area (Å²) in [5, 5.41) is 11.9. The van der Waals surface area contributed by atoms with E-state index in [-0.39, 0.29) is 5.91 Å². The largest absolute Gasteiger partial charge is 0.467 e. The highest BCUT2D eigenvalue weighted by molar-refractivity contribution is 5.98. The van der Waals surface area contributed by atoms with Gasteiger partial charge in [-0.05, 0) is 29.8 Å². The molecule has 0 radical (unpaired) electrons. The van der Waals surface area contributed by atoms with Crippen molar-refractivity contribution in [2.45, 2.75) is 25.1 Å². The van der Waals surface area contributed by atoms with Gasteiger partial charge in [0.2, 0.25) is 0 Å². The Hall–Kier alpha value is -2.84. The average Bonchev–Trinajstić information content (AvgIpc) is 2.64. The van der Waals surface area contributed by atoms with Crippen LogP contribution in [0, 0.1) is 11.3 Å². The molecule has 25 heavy (non-hydrogen) atoms. The van der Waals surface area contributed by atoms with E-state index in [1.165, 1.54) is 5.56 Å². The van der Waals surface area contributed by atoms with E-state index in [0.717, 1.165) is 32.5 Å². The number of amides is 1. The zero-order chi connectivity index (χ0) is 17.3. The van der Waals surface area contributed by atoms with E-state index in [0.29, 0.717) is 16.9 Å². The molecule has 2 aliphatic rings. The molecule has 0 aliphatic carbocycles. The Morgan fingerprint density at radius 3 is 2.56 bits per heavy atom. The summed E-state index contributed by atoms with van der Waals surface area (Å²) in [5.74, 6) is 0.620. The molecule has 126 valence electrons. The number of ether oxygens (including phenoxy) is 1. The van der Waals surface area contributed by atoms with Gasteiger partial charge in [-0.15, -0.1) is 0 Å².